The van der Waals surface area contributed by atoms with E-state index in [1.165, 1.54) is 4.90 Å². The van der Waals surface area contributed by atoms with Crippen LogP contribution < -0.4 is 5.32 Å². The number of rotatable bonds is 4. The second-order valence-corrected chi connectivity index (χ2v) is 10.1. The molecule has 0 saturated carbocycles. The number of hydrogen-bond acceptors (Lipinski definition) is 7. The van der Waals surface area contributed by atoms with Gasteiger partial charge in [0.2, 0.25) is 5.96 Å². The normalized spacial score (nSPS) is 28.5. The molecular weight excluding hydrogens is 444 g/mol. The number of urea groups is 1. The molecule has 9 nitrogen and oxygen atoms in total. The number of Topliss-reactive ketones (excluding diaryl/α,β-unsaturated/α-hetero) is 1. The molecule has 4 unspecified atom stereocenters. The summed E-state index contributed by atoms with van der Waals surface area (Å²) in [4.78, 5) is 51.8. The highest BCUT2D eigenvalue weighted by Gasteiger charge is 2.54. The van der Waals surface area contributed by atoms with Gasteiger partial charge < -0.3 is 20.0 Å². The minimum absolute atomic E-state index is 0.265. The summed E-state index contributed by atoms with van der Waals surface area (Å²) in [7, 11) is 1.67. The van der Waals surface area contributed by atoms with Crippen molar-refractivity contribution in [1.82, 2.24) is 24.9 Å². The monoisotopic (exact) mass is 478 g/mol. The van der Waals surface area contributed by atoms with Crippen LogP contribution in [0.25, 0.3) is 0 Å². The Morgan fingerprint density at radius 1 is 1.14 bits per heavy atom. The number of fused-ring (bicyclic) bond motifs is 2. The van der Waals surface area contributed by atoms with Gasteiger partial charge in [0, 0.05) is 37.4 Å². The van der Waals surface area contributed by atoms with Gasteiger partial charge in [-0.05, 0) is 46.1 Å². The Morgan fingerprint density at radius 2 is 1.91 bits per heavy atom. The van der Waals surface area contributed by atoms with Gasteiger partial charge in [-0.1, -0.05) is 35.9 Å². The molecule has 186 valence electrons. The predicted molar refractivity (Wildman–Crippen MR) is 133 cm³/mol. The van der Waals surface area contributed by atoms with Crippen molar-refractivity contribution in [2.45, 2.75) is 63.8 Å². The van der Waals surface area contributed by atoms with Crippen LogP contribution in [0.1, 0.15) is 49.9 Å². The molecule has 35 heavy (non-hydrogen) atoms. The van der Waals surface area contributed by atoms with Gasteiger partial charge in [0.15, 0.2) is 18.0 Å². The third kappa shape index (κ3) is 4.22. The van der Waals surface area contributed by atoms with Gasteiger partial charge >= 0.3 is 6.03 Å². The molecule has 3 saturated heterocycles. The van der Waals surface area contributed by atoms with Crippen LogP contribution in [0.15, 0.2) is 47.1 Å². The molecule has 0 aromatic heterocycles. The molecule has 9 heteroatoms. The molecule has 4 heterocycles. The van der Waals surface area contributed by atoms with Gasteiger partial charge in [0.05, 0.1) is 6.54 Å². The van der Waals surface area contributed by atoms with Gasteiger partial charge in [-0.15, -0.1) is 0 Å². The average molecular weight is 479 g/mol. The Hall–Kier alpha value is -3.20. The molecule has 0 bridgehead atoms. The van der Waals surface area contributed by atoms with Crippen molar-refractivity contribution in [3.8, 4) is 0 Å². The number of hydrogen-bond donors (Lipinski definition) is 1. The van der Waals surface area contributed by atoms with Gasteiger partial charge in [-0.2, -0.15) is 0 Å². The Bertz CT molecular complexity index is 1060. The average Bonchev–Trinajstić information content (AvgIpc) is 3.24. The number of allylic oxidation sites excluding steroid dienone is 1. The number of nitrogens with zero attached hydrogens (tertiary/aromatic N) is 5. The lowest BCUT2D eigenvalue weighted by molar-refractivity contribution is -0.136. The highest BCUT2D eigenvalue weighted by Crippen LogP contribution is 2.33. The molecule has 4 aliphatic rings. The molecule has 3 amide bonds. The van der Waals surface area contributed by atoms with Crippen molar-refractivity contribution in [2.75, 3.05) is 26.7 Å². The standard InChI is InChI=1S/C26H34N6O3/c1-17(2)15-31-22-23(28-25(31)30-14-8-11-19-20(30)12-7-13-27-19)29(3)26(35)32(24(22)34)16-21(33)18-9-5-4-6-10-18/h4-6,9-10,15,19-20,22-23,27H,7-8,11-14,16H2,1-3H3. The molecule has 0 aliphatic carbocycles. The zero-order chi connectivity index (χ0) is 24.7. The maximum Gasteiger partial charge on any atom is 0.328 e. The van der Waals surface area contributed by atoms with E-state index in [2.05, 4.69) is 10.2 Å². The second kappa shape index (κ2) is 9.45. The van der Waals surface area contributed by atoms with Crippen LogP contribution in [-0.2, 0) is 4.79 Å². The van der Waals surface area contributed by atoms with Crippen molar-refractivity contribution < 1.29 is 14.4 Å². The van der Waals surface area contributed by atoms with E-state index in [1.807, 2.05) is 31.0 Å². The van der Waals surface area contributed by atoms with Crippen LogP contribution in [0.4, 0.5) is 4.79 Å². The van der Waals surface area contributed by atoms with Gasteiger partial charge in [-0.3, -0.25) is 14.5 Å². The first-order valence-corrected chi connectivity index (χ1v) is 12.5. The van der Waals surface area contributed by atoms with Crippen LogP contribution in [-0.4, -0.2) is 94.3 Å². The van der Waals surface area contributed by atoms with Crippen molar-refractivity contribution in [3.63, 3.8) is 0 Å². The maximum atomic E-state index is 13.8. The summed E-state index contributed by atoms with van der Waals surface area (Å²) in [6.45, 7) is 5.60. The number of carbonyl (C=O) groups is 3. The van der Waals surface area contributed by atoms with Gasteiger partial charge in [0.1, 0.15) is 0 Å². The van der Waals surface area contributed by atoms with Crippen molar-refractivity contribution >= 4 is 23.7 Å². The lowest BCUT2D eigenvalue weighted by Crippen LogP contribution is -2.66. The fraction of sp³-hybridized carbons (Fsp3) is 0.538. The minimum Gasteiger partial charge on any atom is -0.338 e. The number of nitrogens with one attached hydrogen (secondary N) is 1. The van der Waals surface area contributed by atoms with E-state index >= 15 is 0 Å². The summed E-state index contributed by atoms with van der Waals surface area (Å²) in [5.41, 5.74) is 1.51. The summed E-state index contributed by atoms with van der Waals surface area (Å²) in [5.74, 6) is 0.108. The Kier molecular flexibility index (Phi) is 6.35. The number of piperidine rings is 2. The van der Waals surface area contributed by atoms with E-state index in [-0.39, 0.29) is 18.2 Å². The van der Waals surface area contributed by atoms with E-state index in [1.54, 1.807) is 31.3 Å². The van der Waals surface area contributed by atoms with Crippen molar-refractivity contribution in [1.29, 1.82) is 0 Å². The molecule has 1 N–H and O–H groups in total. The fourth-order valence-corrected chi connectivity index (χ4v) is 5.77. The number of guanidine groups is 1. The number of imide groups is 1. The number of likely N-dealkylation sites (tertiary alicyclic amines) is 1. The van der Waals surface area contributed by atoms with E-state index in [9.17, 15) is 14.4 Å². The molecule has 3 fully saturated rings. The number of ketones is 1. The number of amides is 3. The molecule has 1 aromatic carbocycles. The van der Waals surface area contributed by atoms with Crippen LogP contribution in [0.2, 0.25) is 0 Å². The molecule has 4 aliphatic heterocycles. The molecule has 4 atom stereocenters. The van der Waals surface area contributed by atoms with Crippen molar-refractivity contribution in [2.24, 2.45) is 4.99 Å². The molecule has 0 radical (unpaired) electrons. The minimum atomic E-state index is -0.692. The van der Waals surface area contributed by atoms with Crippen LogP contribution in [0.5, 0.6) is 0 Å². The number of aliphatic imine (C=N–C) groups is 1. The molecular formula is C26H34N6O3. The Labute approximate surface area is 206 Å². The first kappa shape index (κ1) is 23.5. The third-order valence-corrected chi connectivity index (χ3v) is 7.42. The fourth-order valence-electron chi connectivity index (χ4n) is 5.77. The quantitative estimate of drug-likeness (QED) is 0.668. The summed E-state index contributed by atoms with van der Waals surface area (Å²) in [6.07, 6.45) is 5.70. The summed E-state index contributed by atoms with van der Waals surface area (Å²) < 4.78 is 0. The zero-order valence-corrected chi connectivity index (χ0v) is 20.7. The van der Waals surface area contributed by atoms with Gasteiger partial charge in [0.25, 0.3) is 5.91 Å². The van der Waals surface area contributed by atoms with Gasteiger partial charge in [-0.25, -0.2) is 9.79 Å². The van der Waals surface area contributed by atoms with Crippen molar-refractivity contribution in [3.05, 3.63) is 47.7 Å². The predicted octanol–water partition coefficient (Wildman–Crippen LogP) is 2.27. The SMILES string of the molecule is CC(C)=CN1C(N2CCCC3NCCCC32)=NC2C1C(=O)N(CC(=O)c1ccccc1)C(=O)N2C. The summed E-state index contributed by atoms with van der Waals surface area (Å²) in [6, 6.07) is 8.32. The molecule has 0 spiro atoms. The lowest BCUT2D eigenvalue weighted by Gasteiger charge is -2.47. The van der Waals surface area contributed by atoms with Crippen LogP contribution in [0.3, 0.4) is 0 Å². The number of likely N-dealkylation sites (N-methyl/N-ethyl adjacent to an activating group) is 1. The number of benzene rings is 1. The smallest absolute Gasteiger partial charge is 0.328 e. The van der Waals surface area contributed by atoms with Crippen LogP contribution in [0, 0.1) is 0 Å². The summed E-state index contributed by atoms with van der Waals surface area (Å²) in [5, 5.41) is 3.65. The molecule has 5 rings (SSSR count). The number of carbonyl (C=O) groups excluding carboxylic acids is 3. The first-order valence-electron chi connectivity index (χ1n) is 12.5. The lowest BCUT2D eigenvalue weighted by atomic mass is 9.89. The highest BCUT2D eigenvalue weighted by atomic mass is 16.2. The van der Waals surface area contributed by atoms with E-state index < -0.39 is 18.2 Å². The Balaban J connectivity index is 1.46. The second-order valence-electron chi connectivity index (χ2n) is 10.1. The highest BCUT2D eigenvalue weighted by molar-refractivity contribution is 6.08. The maximum absolute atomic E-state index is 13.8. The third-order valence-electron chi connectivity index (χ3n) is 7.42. The van der Waals surface area contributed by atoms with Crippen LogP contribution >= 0.6 is 0 Å². The van der Waals surface area contributed by atoms with E-state index in [0.717, 1.165) is 55.2 Å². The topological polar surface area (TPSA) is 88.6 Å². The first-order chi connectivity index (χ1) is 16.9. The van der Waals surface area contributed by atoms with E-state index in [4.69, 9.17) is 4.99 Å². The summed E-state index contributed by atoms with van der Waals surface area (Å²) >= 11 is 0. The zero-order valence-electron chi connectivity index (χ0n) is 20.7. The van der Waals surface area contributed by atoms with E-state index in [0.29, 0.717) is 17.6 Å². The Morgan fingerprint density at radius 3 is 2.66 bits per heavy atom. The largest absolute Gasteiger partial charge is 0.338 e. The molecule has 1 aromatic rings.